The second kappa shape index (κ2) is 4.05. The van der Waals surface area contributed by atoms with Crippen LogP contribution in [0.2, 0.25) is 0 Å². The van der Waals surface area contributed by atoms with Crippen LogP contribution < -0.4 is 0 Å². The fourth-order valence-electron chi connectivity index (χ4n) is 1.98. The summed E-state index contributed by atoms with van der Waals surface area (Å²) >= 11 is 0. The van der Waals surface area contributed by atoms with Crippen LogP contribution in [0.15, 0.2) is 30.5 Å². The van der Waals surface area contributed by atoms with E-state index in [2.05, 4.69) is 5.10 Å². The van der Waals surface area contributed by atoms with Gasteiger partial charge in [-0.25, -0.2) is 9.07 Å². The summed E-state index contributed by atoms with van der Waals surface area (Å²) in [7, 11) is 0. The molecule has 0 atom stereocenters. The lowest BCUT2D eigenvalue weighted by Crippen LogP contribution is -2.01. The molecule has 1 aromatic heterocycles. The molecule has 0 N–H and O–H groups in total. The van der Waals surface area contributed by atoms with E-state index in [-0.39, 0.29) is 5.78 Å². The zero-order valence-corrected chi connectivity index (χ0v) is 10.1. The summed E-state index contributed by atoms with van der Waals surface area (Å²) < 4.78 is 15.4. The van der Waals surface area contributed by atoms with Crippen molar-refractivity contribution in [3.63, 3.8) is 0 Å². The number of nitrogens with zero attached hydrogens (tertiary/aromatic N) is 2. The van der Waals surface area contributed by atoms with Crippen molar-refractivity contribution < 1.29 is 9.18 Å². The molecule has 0 radical (unpaired) electrons. The molecule has 2 aromatic rings. The van der Waals surface area contributed by atoms with Crippen molar-refractivity contribution in [2.45, 2.75) is 25.7 Å². The van der Waals surface area contributed by atoms with Gasteiger partial charge in [0.15, 0.2) is 5.78 Å². The molecule has 0 amide bonds. The Morgan fingerprint density at radius 2 is 2.17 bits per heavy atom. The fraction of sp³-hybridized carbons (Fsp3) is 0.286. The third-order valence-corrected chi connectivity index (χ3v) is 3.21. The van der Waals surface area contributed by atoms with Gasteiger partial charge >= 0.3 is 0 Å². The van der Waals surface area contributed by atoms with Crippen LogP contribution in [0, 0.1) is 5.82 Å². The van der Waals surface area contributed by atoms with Crippen LogP contribution in [-0.4, -0.2) is 15.6 Å². The fourth-order valence-corrected chi connectivity index (χ4v) is 1.98. The minimum absolute atomic E-state index is 0.139. The van der Waals surface area contributed by atoms with Gasteiger partial charge in [0.2, 0.25) is 0 Å². The summed E-state index contributed by atoms with van der Waals surface area (Å²) in [5.74, 6) is -0.0152. The van der Waals surface area contributed by atoms with Gasteiger partial charge in [0.25, 0.3) is 0 Å². The predicted octanol–water partition coefficient (Wildman–Crippen LogP) is 3.09. The molecule has 0 spiro atoms. The maximum absolute atomic E-state index is 13.9. The van der Waals surface area contributed by atoms with E-state index < -0.39 is 5.82 Å². The first-order valence-corrected chi connectivity index (χ1v) is 6.01. The van der Waals surface area contributed by atoms with Gasteiger partial charge in [0.05, 0.1) is 5.69 Å². The van der Waals surface area contributed by atoms with Gasteiger partial charge in [0, 0.05) is 17.7 Å². The van der Waals surface area contributed by atoms with E-state index in [1.807, 2.05) is 6.07 Å². The lowest BCUT2D eigenvalue weighted by atomic mass is 10.1. The number of ketones is 1. The van der Waals surface area contributed by atoms with E-state index >= 15 is 0 Å². The maximum Gasteiger partial charge on any atom is 0.159 e. The topological polar surface area (TPSA) is 34.9 Å². The quantitative estimate of drug-likeness (QED) is 0.778. The zero-order valence-electron chi connectivity index (χ0n) is 10.1. The molecular weight excluding hydrogens is 231 g/mol. The molecule has 1 fully saturated rings. The van der Waals surface area contributed by atoms with Crippen LogP contribution in [-0.2, 0) is 0 Å². The molecule has 1 heterocycles. The van der Waals surface area contributed by atoms with Gasteiger partial charge in [-0.15, -0.1) is 0 Å². The average molecular weight is 244 g/mol. The Hall–Kier alpha value is -1.97. The van der Waals surface area contributed by atoms with Gasteiger partial charge in [-0.05, 0) is 44.0 Å². The van der Waals surface area contributed by atoms with Crippen molar-refractivity contribution in [2.75, 3.05) is 0 Å². The molecule has 1 aliphatic carbocycles. The molecule has 92 valence electrons. The number of halogens is 1. The summed E-state index contributed by atoms with van der Waals surface area (Å²) in [5, 5.41) is 4.37. The first-order valence-electron chi connectivity index (χ1n) is 6.01. The Kier molecular flexibility index (Phi) is 2.51. The van der Waals surface area contributed by atoms with Crippen LogP contribution in [0.5, 0.6) is 0 Å². The summed E-state index contributed by atoms with van der Waals surface area (Å²) in [5.41, 5.74) is 1.78. The Balaban J connectivity index is 1.97. The number of rotatable bonds is 3. The van der Waals surface area contributed by atoms with Crippen molar-refractivity contribution in [1.82, 2.24) is 9.78 Å². The van der Waals surface area contributed by atoms with E-state index in [1.54, 1.807) is 18.3 Å². The Labute approximate surface area is 104 Å². The van der Waals surface area contributed by atoms with Crippen LogP contribution in [0.3, 0.4) is 0 Å². The molecule has 0 unspecified atom stereocenters. The highest BCUT2D eigenvalue weighted by molar-refractivity contribution is 5.94. The van der Waals surface area contributed by atoms with Gasteiger partial charge in [-0.3, -0.25) is 4.79 Å². The van der Waals surface area contributed by atoms with Gasteiger partial charge < -0.3 is 0 Å². The molecule has 4 heteroatoms. The highest BCUT2D eigenvalue weighted by atomic mass is 19.1. The van der Waals surface area contributed by atoms with Crippen molar-refractivity contribution in [2.24, 2.45) is 0 Å². The molecule has 0 saturated heterocycles. The summed E-state index contributed by atoms with van der Waals surface area (Å²) in [4.78, 5) is 11.2. The number of Topliss-reactive ketones (excluding diaryl/α,β-unsaturated/α-hetero) is 1. The molecule has 3 rings (SSSR count). The molecule has 3 nitrogen and oxygen atoms in total. The second-order valence-electron chi connectivity index (χ2n) is 4.68. The molecular formula is C14H13FN2O. The molecule has 0 bridgehead atoms. The smallest absolute Gasteiger partial charge is 0.159 e. The minimum atomic E-state index is -0.423. The molecule has 18 heavy (non-hydrogen) atoms. The number of aromatic nitrogens is 2. The van der Waals surface area contributed by atoms with E-state index in [1.165, 1.54) is 30.5 Å². The van der Waals surface area contributed by atoms with Crippen molar-refractivity contribution in [3.8, 4) is 5.69 Å². The minimum Gasteiger partial charge on any atom is -0.295 e. The Morgan fingerprint density at radius 1 is 1.39 bits per heavy atom. The standard InChI is InChI=1S/C14H13FN2O/c1-9(18)11-4-5-14(12(15)8-11)17-7-6-13(16-17)10-2-3-10/h4-8,10H,2-3H2,1H3. The first kappa shape index (κ1) is 11.1. The second-order valence-corrected chi connectivity index (χ2v) is 4.68. The number of carbonyl (C=O) groups is 1. The zero-order chi connectivity index (χ0) is 12.7. The number of benzene rings is 1. The normalized spacial score (nSPS) is 14.8. The third-order valence-electron chi connectivity index (χ3n) is 3.21. The highest BCUT2D eigenvalue weighted by Gasteiger charge is 2.26. The Morgan fingerprint density at radius 3 is 2.78 bits per heavy atom. The van der Waals surface area contributed by atoms with Crippen LogP contribution >= 0.6 is 0 Å². The number of hydrogen-bond acceptors (Lipinski definition) is 2. The van der Waals surface area contributed by atoms with E-state index in [4.69, 9.17) is 0 Å². The molecule has 0 aliphatic heterocycles. The monoisotopic (exact) mass is 244 g/mol. The largest absolute Gasteiger partial charge is 0.295 e. The van der Waals surface area contributed by atoms with Crippen molar-refractivity contribution in [1.29, 1.82) is 0 Å². The summed E-state index contributed by atoms with van der Waals surface area (Å²) in [6, 6.07) is 6.40. The van der Waals surface area contributed by atoms with Crippen LogP contribution in [0.1, 0.15) is 41.7 Å². The van der Waals surface area contributed by atoms with Crippen LogP contribution in [0.4, 0.5) is 4.39 Å². The number of carbonyl (C=O) groups excluding carboxylic acids is 1. The Bertz CT molecular complexity index is 614. The molecule has 1 aliphatic rings. The predicted molar refractivity (Wildman–Crippen MR) is 65.5 cm³/mol. The lowest BCUT2D eigenvalue weighted by Gasteiger charge is -2.04. The van der Waals surface area contributed by atoms with Crippen LogP contribution in [0.25, 0.3) is 5.69 Å². The third kappa shape index (κ3) is 1.94. The maximum atomic E-state index is 13.9. The van der Waals surface area contributed by atoms with Gasteiger partial charge in [-0.2, -0.15) is 5.10 Å². The molecule has 1 saturated carbocycles. The van der Waals surface area contributed by atoms with Gasteiger partial charge in [-0.1, -0.05) is 0 Å². The summed E-state index contributed by atoms with van der Waals surface area (Å²) in [6.45, 7) is 1.42. The lowest BCUT2D eigenvalue weighted by molar-refractivity contribution is 0.101. The molecule has 1 aromatic carbocycles. The van der Waals surface area contributed by atoms with Gasteiger partial charge in [0.1, 0.15) is 11.5 Å². The van der Waals surface area contributed by atoms with E-state index in [9.17, 15) is 9.18 Å². The number of hydrogen-bond donors (Lipinski definition) is 0. The highest BCUT2D eigenvalue weighted by Crippen LogP contribution is 2.39. The van der Waals surface area contributed by atoms with E-state index in [0.29, 0.717) is 17.2 Å². The first-order chi connectivity index (χ1) is 8.65. The average Bonchev–Trinajstić information content (AvgIpc) is 3.08. The van der Waals surface area contributed by atoms with Crippen molar-refractivity contribution >= 4 is 5.78 Å². The van der Waals surface area contributed by atoms with Crippen molar-refractivity contribution in [3.05, 3.63) is 47.5 Å². The summed E-state index contributed by atoms with van der Waals surface area (Å²) in [6.07, 6.45) is 4.10. The SMILES string of the molecule is CC(=O)c1ccc(-n2ccc(C3CC3)n2)c(F)c1. The van der Waals surface area contributed by atoms with E-state index in [0.717, 1.165) is 5.69 Å².